The number of hydrogen-bond acceptors (Lipinski definition) is 11. The molecular weight excluding hydrogens is 787 g/mol. The largest absolute Gasteiger partial charge is 1.00 e. The Hall–Kier alpha value is -6.34. The van der Waals surface area contributed by atoms with Crippen LogP contribution in [-0.4, -0.2) is 68.5 Å². The first-order valence-corrected chi connectivity index (χ1v) is 18.1. The fraction of sp³-hybridized carbons (Fsp3) is 0.182. The van der Waals surface area contributed by atoms with Crippen LogP contribution in [0.3, 0.4) is 0 Å². The van der Waals surface area contributed by atoms with Crippen molar-refractivity contribution in [1.29, 1.82) is 0 Å². The summed E-state index contributed by atoms with van der Waals surface area (Å²) in [4.78, 5) is 28.3. The van der Waals surface area contributed by atoms with Crippen LogP contribution >= 0.6 is 11.6 Å². The van der Waals surface area contributed by atoms with Crippen molar-refractivity contribution in [2.75, 3.05) is 26.4 Å². The molecule has 4 aromatic carbocycles. The van der Waals surface area contributed by atoms with E-state index in [1.165, 1.54) is 0 Å². The zero-order valence-electron chi connectivity index (χ0n) is 31.6. The molecule has 0 aliphatic rings. The fourth-order valence-electron chi connectivity index (χ4n) is 4.23. The molecule has 0 aliphatic carbocycles. The number of carbonyl (C=O) groups is 2. The summed E-state index contributed by atoms with van der Waals surface area (Å²) in [7, 11) is 0. The number of hydrogen-bond donors (Lipinski definition) is 5. The average Bonchev–Trinajstić information content (AvgIpc) is 3.23. The lowest BCUT2D eigenvalue weighted by Crippen LogP contribution is -3.00. The number of nitrogens with zero attached hydrogens (tertiary/aromatic N) is 1. The molecule has 58 heavy (non-hydrogen) atoms. The molecule has 2 heterocycles. The Balaban J connectivity index is 0.000000396. The van der Waals surface area contributed by atoms with Gasteiger partial charge in [-0.25, -0.2) is 14.6 Å². The molecule has 0 bridgehead atoms. The summed E-state index contributed by atoms with van der Waals surface area (Å²) in [6.45, 7) is 0.865. The number of phenolic OH excluding ortho intramolecular Hbond substituents is 4. The van der Waals surface area contributed by atoms with Gasteiger partial charge in [0.15, 0.2) is 12.4 Å². The SMILES string of the molecule is O=C(Cl)OCCc1ccc(O)cc1.O=C(OCCc1ccc(O)cc1)OCCc1ccc(O)cc1.OCCc1ccc(O)cc1.[Cl-].c1cc[nH+]cc1.c1ccncc1. The lowest BCUT2D eigenvalue weighted by atomic mass is 10.1. The first kappa shape index (κ1) is 49.7. The van der Waals surface area contributed by atoms with Gasteiger partial charge in [-0.1, -0.05) is 60.7 Å². The highest BCUT2D eigenvalue weighted by Gasteiger charge is 2.05. The topological polar surface area (TPSA) is 190 Å². The van der Waals surface area contributed by atoms with Crippen LogP contribution in [0, 0.1) is 0 Å². The van der Waals surface area contributed by atoms with Gasteiger partial charge in [-0.3, -0.25) is 4.98 Å². The highest BCUT2D eigenvalue weighted by atomic mass is 35.5. The van der Waals surface area contributed by atoms with Crippen molar-refractivity contribution < 1.29 is 66.7 Å². The molecule has 6 rings (SSSR count). The lowest BCUT2D eigenvalue weighted by molar-refractivity contribution is -0.377. The van der Waals surface area contributed by atoms with Crippen LogP contribution in [0.1, 0.15) is 22.3 Å². The van der Waals surface area contributed by atoms with Gasteiger partial charge >= 0.3 is 11.6 Å². The molecule has 0 amide bonds. The molecule has 14 heteroatoms. The zero-order chi connectivity index (χ0) is 41.4. The van der Waals surface area contributed by atoms with E-state index in [4.69, 9.17) is 46.6 Å². The number of aliphatic hydroxyl groups is 1. The van der Waals surface area contributed by atoms with Gasteiger partial charge in [0.05, 0.1) is 19.8 Å². The minimum absolute atomic E-state index is 0. The van der Waals surface area contributed by atoms with E-state index in [1.807, 2.05) is 48.8 Å². The van der Waals surface area contributed by atoms with Gasteiger partial charge in [0.1, 0.15) is 23.0 Å². The highest BCUT2D eigenvalue weighted by molar-refractivity contribution is 6.61. The number of halogens is 2. The van der Waals surface area contributed by atoms with Gasteiger partial charge in [0.25, 0.3) is 0 Å². The van der Waals surface area contributed by atoms with Crippen molar-refractivity contribution in [3.05, 3.63) is 181 Å². The third kappa shape index (κ3) is 26.5. The third-order valence-corrected chi connectivity index (χ3v) is 7.26. The number of phenols is 4. The number of aromatic amines is 1. The van der Waals surface area contributed by atoms with Gasteiger partial charge in [0.2, 0.25) is 0 Å². The Morgan fingerprint density at radius 3 is 1.07 bits per heavy atom. The summed E-state index contributed by atoms with van der Waals surface area (Å²) in [5.41, 5.74) is 3.17. The second-order valence-electron chi connectivity index (χ2n) is 11.5. The number of aliphatic hydroxyl groups excluding tert-OH is 1. The number of rotatable bonds is 11. The van der Waals surface area contributed by atoms with Crippen molar-refractivity contribution in [3.63, 3.8) is 0 Å². The van der Waals surface area contributed by atoms with E-state index < -0.39 is 11.6 Å². The number of ether oxygens (including phenoxy) is 3. The van der Waals surface area contributed by atoms with Crippen LogP contribution in [0.2, 0.25) is 0 Å². The van der Waals surface area contributed by atoms with Crippen molar-refractivity contribution in [1.82, 2.24) is 4.98 Å². The maximum atomic E-state index is 11.4. The number of nitrogens with one attached hydrogen (secondary N) is 1. The molecule has 308 valence electrons. The molecule has 6 aromatic rings. The normalized spacial score (nSPS) is 9.34. The molecule has 6 N–H and O–H groups in total. The minimum Gasteiger partial charge on any atom is -1.00 e. The fourth-order valence-corrected chi connectivity index (χ4v) is 4.31. The maximum Gasteiger partial charge on any atom is 0.508 e. The molecular formula is C44H48Cl2N2O10. The molecule has 0 fully saturated rings. The van der Waals surface area contributed by atoms with Gasteiger partial charge in [0, 0.05) is 62.0 Å². The summed E-state index contributed by atoms with van der Waals surface area (Å²) in [6.07, 6.45) is 8.93. The third-order valence-electron chi connectivity index (χ3n) is 7.15. The van der Waals surface area contributed by atoms with Gasteiger partial charge < -0.3 is 52.2 Å². The van der Waals surface area contributed by atoms with Crippen LogP contribution in [-0.2, 0) is 39.9 Å². The van der Waals surface area contributed by atoms with Crippen LogP contribution in [0.4, 0.5) is 9.59 Å². The number of aromatic hydroxyl groups is 4. The van der Waals surface area contributed by atoms with E-state index in [-0.39, 0.29) is 61.8 Å². The molecule has 0 spiro atoms. The van der Waals surface area contributed by atoms with E-state index in [9.17, 15) is 9.59 Å². The first-order chi connectivity index (χ1) is 27.6. The van der Waals surface area contributed by atoms with Crippen molar-refractivity contribution in [2.24, 2.45) is 0 Å². The summed E-state index contributed by atoms with van der Waals surface area (Å²) >= 11 is 4.97. The molecule has 12 nitrogen and oxygen atoms in total. The van der Waals surface area contributed by atoms with E-state index in [2.05, 4.69) is 14.7 Å². The molecule has 0 atom stereocenters. The van der Waals surface area contributed by atoms with E-state index in [0.29, 0.717) is 25.7 Å². The number of benzene rings is 4. The summed E-state index contributed by atoms with van der Waals surface area (Å²) in [5.74, 6) is 0.899. The van der Waals surface area contributed by atoms with E-state index >= 15 is 0 Å². The smallest absolute Gasteiger partial charge is 0.508 e. The van der Waals surface area contributed by atoms with Gasteiger partial charge in [-0.2, -0.15) is 0 Å². The maximum absolute atomic E-state index is 11.4. The summed E-state index contributed by atoms with van der Waals surface area (Å²) in [6, 6.07) is 38.5. The Kier molecular flexibility index (Phi) is 27.3. The predicted molar refractivity (Wildman–Crippen MR) is 216 cm³/mol. The van der Waals surface area contributed by atoms with Crippen molar-refractivity contribution in [2.45, 2.75) is 25.7 Å². The van der Waals surface area contributed by atoms with Crippen molar-refractivity contribution >= 4 is 23.2 Å². The van der Waals surface area contributed by atoms with Gasteiger partial charge in [-0.15, -0.1) is 0 Å². The summed E-state index contributed by atoms with van der Waals surface area (Å²) in [5, 5.41) is 44.7. The molecule has 0 saturated carbocycles. The van der Waals surface area contributed by atoms with E-state index in [0.717, 1.165) is 22.3 Å². The van der Waals surface area contributed by atoms with Gasteiger partial charge in [-0.05, 0) is 89.3 Å². The number of carbonyl (C=O) groups excluding carboxylic acids is 2. The van der Waals surface area contributed by atoms with E-state index in [1.54, 1.807) is 109 Å². The zero-order valence-corrected chi connectivity index (χ0v) is 33.2. The lowest BCUT2D eigenvalue weighted by Gasteiger charge is -2.07. The average molecular weight is 836 g/mol. The Labute approximate surface area is 349 Å². The first-order valence-electron chi connectivity index (χ1n) is 17.7. The van der Waals surface area contributed by atoms with Crippen molar-refractivity contribution in [3.8, 4) is 23.0 Å². The van der Waals surface area contributed by atoms with Crippen LogP contribution in [0.5, 0.6) is 23.0 Å². The predicted octanol–water partition coefficient (Wildman–Crippen LogP) is 4.86. The molecule has 0 aliphatic heterocycles. The molecule has 0 radical (unpaired) electrons. The Morgan fingerprint density at radius 2 is 0.828 bits per heavy atom. The quantitative estimate of drug-likeness (QED) is 0.0886. The number of pyridine rings is 2. The standard InChI is InChI=1S/C17H18O5.C9H9ClO3.C8H10O2.2C5H5N.ClH/c18-15-5-1-13(2-6-15)9-11-21-17(20)22-12-10-14-3-7-16(19)8-4-14;10-9(12)13-6-5-7-1-3-8(11)4-2-7;9-6-5-7-1-3-8(10)4-2-7;2*1-2-4-6-5-3-1;/h1-8,18-19H,9-12H2;1-4,11H,5-6H2;1-4,9-10H,5-6H2;2*1-5H;1H. The van der Waals surface area contributed by atoms with Crippen LogP contribution < -0.4 is 17.4 Å². The number of aromatic nitrogens is 2. The van der Waals surface area contributed by atoms with Crippen LogP contribution in [0.25, 0.3) is 0 Å². The molecule has 2 aromatic heterocycles. The minimum atomic E-state index is -0.793. The second-order valence-corrected chi connectivity index (χ2v) is 11.8. The van der Waals surface area contributed by atoms with Crippen LogP contribution in [0.15, 0.2) is 158 Å². The highest BCUT2D eigenvalue weighted by Crippen LogP contribution is 2.13. The molecule has 0 unspecified atom stereocenters. The monoisotopic (exact) mass is 834 g/mol. The number of H-pyrrole nitrogens is 1. The molecule has 0 saturated heterocycles. The Bertz CT molecular complexity index is 1750. The summed E-state index contributed by atoms with van der Waals surface area (Å²) < 4.78 is 14.5. The Morgan fingerprint density at radius 1 is 0.500 bits per heavy atom. The second kappa shape index (κ2) is 31.8.